The third kappa shape index (κ3) is 8.38. The normalized spacial score (nSPS) is 23.2. The van der Waals surface area contributed by atoms with Crippen molar-refractivity contribution in [2.24, 2.45) is 0 Å². The highest BCUT2D eigenvalue weighted by molar-refractivity contribution is 6.30. The Balaban J connectivity index is 1.58. The summed E-state index contributed by atoms with van der Waals surface area (Å²) in [5.41, 5.74) is -3.69. The summed E-state index contributed by atoms with van der Waals surface area (Å²) in [6, 6.07) is 6.61. The molecule has 0 spiro atoms. The molecule has 0 bridgehead atoms. The third-order valence-corrected chi connectivity index (χ3v) is 6.80. The van der Waals surface area contributed by atoms with Crippen LogP contribution in [0.15, 0.2) is 49.1 Å². The van der Waals surface area contributed by atoms with Crippen molar-refractivity contribution in [1.82, 2.24) is 14.8 Å². The fourth-order valence-corrected chi connectivity index (χ4v) is 4.58. The molecule has 14 nitrogen and oxygen atoms in total. The number of aliphatic carboxylic acids is 1. The molecule has 1 aromatic heterocycles. The molecular weight excluding hydrogens is 635 g/mol. The van der Waals surface area contributed by atoms with Crippen LogP contribution < -0.4 is 9.47 Å². The van der Waals surface area contributed by atoms with E-state index in [9.17, 15) is 43.2 Å². The number of alkyl halides is 3. The second-order valence-corrected chi connectivity index (χ2v) is 10.6. The highest BCUT2D eigenvalue weighted by Gasteiger charge is 2.46. The van der Waals surface area contributed by atoms with E-state index in [1.807, 2.05) is 0 Å². The Labute approximate surface area is 257 Å². The van der Waals surface area contributed by atoms with E-state index in [4.69, 9.17) is 35.7 Å². The Bertz CT molecular complexity index is 1510. The number of hydrogen-bond acceptors (Lipinski definition) is 12. The summed E-state index contributed by atoms with van der Waals surface area (Å²) >= 11 is 6.07. The molecule has 1 unspecified atom stereocenters. The number of rotatable bonds is 11. The first-order valence-corrected chi connectivity index (χ1v) is 13.4. The molecule has 1 fully saturated rings. The molecule has 1 aliphatic heterocycles. The van der Waals surface area contributed by atoms with Gasteiger partial charge in [0.2, 0.25) is 6.29 Å². The minimum Gasteiger partial charge on any atom is -0.481 e. The summed E-state index contributed by atoms with van der Waals surface area (Å²) < 4.78 is 65.1. The van der Waals surface area contributed by atoms with Gasteiger partial charge in [-0.15, -0.1) is 0 Å². The number of aliphatic hydroxyl groups is 4. The maximum Gasteiger partial charge on any atom is 0.416 e. The first-order chi connectivity index (χ1) is 21.0. The van der Waals surface area contributed by atoms with Gasteiger partial charge in [-0.05, 0) is 36.8 Å². The van der Waals surface area contributed by atoms with Crippen LogP contribution in [-0.4, -0.2) is 89.5 Å². The Morgan fingerprint density at radius 3 is 2.42 bits per heavy atom. The molecule has 1 aliphatic rings. The average molecular weight is 662 g/mol. The molecule has 0 radical (unpaired) electrons. The predicted octanol–water partition coefficient (Wildman–Crippen LogP) is 1.85. The molecule has 3 aromatic rings. The number of carbonyl (C=O) groups is 2. The number of carboxylic acids is 1. The van der Waals surface area contributed by atoms with E-state index in [-0.39, 0.29) is 28.8 Å². The number of halogens is 4. The molecule has 0 saturated carbocycles. The Morgan fingerprint density at radius 1 is 1.04 bits per heavy atom. The fourth-order valence-electron chi connectivity index (χ4n) is 4.42. The first-order valence-electron chi connectivity index (χ1n) is 13.0. The summed E-state index contributed by atoms with van der Waals surface area (Å²) in [4.78, 5) is 26.0. The molecule has 1 saturated heterocycles. The van der Waals surface area contributed by atoms with Gasteiger partial charge >= 0.3 is 18.1 Å². The molecule has 2 aromatic carbocycles. The molecule has 0 aliphatic carbocycles. The summed E-state index contributed by atoms with van der Waals surface area (Å²) in [5, 5.41) is 54.6. The minimum atomic E-state index is -4.92. The molecule has 0 amide bonds. The van der Waals surface area contributed by atoms with Crippen molar-refractivity contribution in [2.45, 2.75) is 62.4 Å². The highest BCUT2D eigenvalue weighted by atomic mass is 35.5. The monoisotopic (exact) mass is 661 g/mol. The number of esters is 1. The zero-order chi connectivity index (χ0) is 33.1. The van der Waals surface area contributed by atoms with Crippen LogP contribution in [0.4, 0.5) is 13.2 Å². The summed E-state index contributed by atoms with van der Waals surface area (Å²) in [6.45, 7) is 0.130. The third-order valence-electron chi connectivity index (χ3n) is 6.56. The lowest BCUT2D eigenvalue weighted by atomic mass is 9.90. The molecule has 2 heterocycles. The van der Waals surface area contributed by atoms with E-state index in [0.29, 0.717) is 6.07 Å². The van der Waals surface area contributed by atoms with Crippen LogP contribution in [0.3, 0.4) is 0 Å². The highest BCUT2D eigenvalue weighted by Crippen LogP contribution is 2.42. The van der Waals surface area contributed by atoms with E-state index in [2.05, 4.69) is 10.1 Å². The Kier molecular flexibility index (Phi) is 10.2. The van der Waals surface area contributed by atoms with Crippen LogP contribution in [0.2, 0.25) is 5.02 Å². The number of aromatic nitrogens is 3. The van der Waals surface area contributed by atoms with Gasteiger partial charge in [0.1, 0.15) is 61.4 Å². The molecule has 18 heteroatoms. The van der Waals surface area contributed by atoms with E-state index >= 15 is 0 Å². The second-order valence-electron chi connectivity index (χ2n) is 10.2. The molecule has 5 N–H and O–H groups in total. The standard InChI is InChI=1S/C27H27ClF3N3O11/c1-26(41,10-34-12-32-11-33-34)15-4-3-14(7-16(15)27(29,30)31)43-17-5-2-13(28)6-18(17)44-25-24(40)23(39)22(38)19(45-25)9-42-21(37)8-20(35)36/h2-7,11-12,19,22-25,38-41H,8-10H2,1H3,(H,35,36)/t19-,22-,23+,24-,25+,26?/m1/s1. The van der Waals surface area contributed by atoms with Gasteiger partial charge in [-0.25, -0.2) is 9.67 Å². The number of nitrogens with zero attached hydrogens (tertiary/aromatic N) is 3. The lowest BCUT2D eigenvalue weighted by molar-refractivity contribution is -0.278. The number of carboxylic acid groups (broad SMARTS) is 1. The largest absolute Gasteiger partial charge is 0.481 e. The van der Waals surface area contributed by atoms with Crippen molar-refractivity contribution in [2.75, 3.05) is 6.61 Å². The van der Waals surface area contributed by atoms with Crippen LogP contribution in [0.1, 0.15) is 24.5 Å². The van der Waals surface area contributed by atoms with Crippen LogP contribution in [0.5, 0.6) is 17.2 Å². The van der Waals surface area contributed by atoms with Gasteiger partial charge in [-0.2, -0.15) is 18.3 Å². The smallest absolute Gasteiger partial charge is 0.416 e. The zero-order valence-corrected chi connectivity index (χ0v) is 23.9. The van der Waals surface area contributed by atoms with Crippen LogP contribution in [0.25, 0.3) is 0 Å². The van der Waals surface area contributed by atoms with Gasteiger partial charge in [0, 0.05) is 11.1 Å². The van der Waals surface area contributed by atoms with Crippen molar-refractivity contribution in [3.63, 3.8) is 0 Å². The van der Waals surface area contributed by atoms with Crippen molar-refractivity contribution < 1.29 is 67.2 Å². The second kappa shape index (κ2) is 13.6. The summed E-state index contributed by atoms with van der Waals surface area (Å²) in [5.74, 6) is -3.45. The van der Waals surface area contributed by atoms with Crippen molar-refractivity contribution >= 4 is 23.5 Å². The van der Waals surface area contributed by atoms with Crippen LogP contribution in [-0.2, 0) is 37.4 Å². The zero-order valence-electron chi connectivity index (χ0n) is 23.2. The van der Waals surface area contributed by atoms with Gasteiger partial charge in [-0.1, -0.05) is 17.7 Å². The van der Waals surface area contributed by atoms with Gasteiger partial charge in [0.15, 0.2) is 11.5 Å². The van der Waals surface area contributed by atoms with E-state index < -0.39 is 78.6 Å². The van der Waals surface area contributed by atoms with Gasteiger partial charge in [0.05, 0.1) is 12.1 Å². The van der Waals surface area contributed by atoms with Gasteiger partial charge < -0.3 is 44.5 Å². The first kappa shape index (κ1) is 33.9. The van der Waals surface area contributed by atoms with E-state index in [0.717, 1.165) is 6.07 Å². The molecule has 4 rings (SSSR count). The number of ether oxygens (including phenoxy) is 4. The van der Waals surface area contributed by atoms with E-state index in [1.54, 1.807) is 0 Å². The predicted molar refractivity (Wildman–Crippen MR) is 143 cm³/mol. The van der Waals surface area contributed by atoms with Crippen LogP contribution >= 0.6 is 11.6 Å². The fraction of sp³-hybridized carbons (Fsp3) is 0.407. The quantitative estimate of drug-likeness (QED) is 0.147. The number of hydrogen-bond donors (Lipinski definition) is 5. The van der Waals surface area contributed by atoms with Gasteiger partial charge in [0.25, 0.3) is 0 Å². The lowest BCUT2D eigenvalue weighted by Crippen LogP contribution is -2.60. The average Bonchev–Trinajstić information content (AvgIpc) is 3.45. The Morgan fingerprint density at radius 2 is 1.78 bits per heavy atom. The number of benzene rings is 2. The van der Waals surface area contributed by atoms with Crippen molar-refractivity contribution in [1.29, 1.82) is 0 Å². The molecular formula is C27H27ClF3N3O11. The summed E-state index contributed by atoms with van der Waals surface area (Å²) in [7, 11) is 0. The topological polar surface area (TPSA) is 203 Å². The summed E-state index contributed by atoms with van der Waals surface area (Å²) in [6.07, 6.45) is -12.3. The van der Waals surface area contributed by atoms with Crippen molar-refractivity contribution in [3.05, 3.63) is 65.2 Å². The molecule has 45 heavy (non-hydrogen) atoms. The SMILES string of the molecule is CC(O)(Cn1cncn1)c1ccc(Oc2ccc(Cl)cc2O[C@H]2O[C@H](COC(=O)CC(=O)O)[C@@H](O)[C@H](O)[C@H]2O)cc1C(F)(F)F. The maximum absolute atomic E-state index is 14.1. The molecule has 244 valence electrons. The number of aliphatic hydroxyl groups excluding tert-OH is 3. The number of carbonyl (C=O) groups excluding carboxylic acids is 1. The van der Waals surface area contributed by atoms with E-state index in [1.165, 1.54) is 48.5 Å². The van der Waals surface area contributed by atoms with Gasteiger partial charge in [-0.3, -0.25) is 9.59 Å². The maximum atomic E-state index is 14.1. The minimum absolute atomic E-state index is 0.0675. The van der Waals surface area contributed by atoms with Crippen LogP contribution in [0, 0.1) is 0 Å². The molecule has 6 atom stereocenters. The van der Waals surface area contributed by atoms with Crippen molar-refractivity contribution in [3.8, 4) is 17.2 Å². The lowest BCUT2D eigenvalue weighted by Gasteiger charge is -2.40. The Hall–Kier alpha value is -4.00.